The van der Waals surface area contributed by atoms with E-state index in [-0.39, 0.29) is 38.6 Å². The Kier molecular flexibility index (Phi) is 33.7. The third-order valence-electron chi connectivity index (χ3n) is 8.15. The zero-order valence-electron chi connectivity index (χ0n) is 30.3. The zero-order valence-corrected chi connectivity index (χ0v) is 31.2. The molecule has 2 atom stereocenters. The number of carbonyl (C=O) groups is 2. The number of unbranched alkanes of at least 4 members (excludes halogenated alkanes) is 21. The van der Waals surface area contributed by atoms with Crippen LogP contribution in [0.4, 0.5) is 0 Å². The molecule has 0 spiro atoms. The fourth-order valence-electron chi connectivity index (χ4n) is 5.26. The molecule has 0 saturated carbocycles. The van der Waals surface area contributed by atoms with Crippen LogP contribution < -0.4 is 5.73 Å². The average Bonchev–Trinajstić information content (AvgIpc) is 3.05. The highest BCUT2D eigenvalue weighted by molar-refractivity contribution is 7.47. The number of nitrogens with two attached hydrogens (primary N) is 1. The number of phosphoric ester groups is 1. The van der Waals surface area contributed by atoms with Crippen LogP contribution in [0.15, 0.2) is 12.2 Å². The Morgan fingerprint density at radius 2 is 1.06 bits per heavy atom. The van der Waals surface area contributed by atoms with Gasteiger partial charge in [0.2, 0.25) is 0 Å². The summed E-state index contributed by atoms with van der Waals surface area (Å²) in [6.45, 7) is 3.68. The zero-order chi connectivity index (χ0) is 34.7. The largest absolute Gasteiger partial charge is 0.472 e. The van der Waals surface area contributed by atoms with Gasteiger partial charge in [0.05, 0.1) is 13.2 Å². The Balaban J connectivity index is 4.18. The smallest absolute Gasteiger partial charge is 0.462 e. The fourth-order valence-corrected chi connectivity index (χ4v) is 6.03. The van der Waals surface area contributed by atoms with Gasteiger partial charge in [-0.3, -0.25) is 18.6 Å². The van der Waals surface area contributed by atoms with Gasteiger partial charge >= 0.3 is 19.8 Å². The molecule has 0 aliphatic heterocycles. The summed E-state index contributed by atoms with van der Waals surface area (Å²) in [5.74, 6) is -0.834. The Morgan fingerprint density at radius 1 is 0.617 bits per heavy atom. The van der Waals surface area contributed by atoms with Gasteiger partial charge < -0.3 is 20.1 Å². The van der Waals surface area contributed by atoms with Gasteiger partial charge in [-0.15, -0.1) is 0 Å². The second kappa shape index (κ2) is 34.6. The number of esters is 2. The van der Waals surface area contributed by atoms with Crippen LogP contribution in [0.2, 0.25) is 0 Å². The molecule has 3 N–H and O–H groups in total. The molecule has 0 aromatic heterocycles. The highest BCUT2D eigenvalue weighted by Crippen LogP contribution is 2.43. The topological polar surface area (TPSA) is 134 Å². The lowest BCUT2D eigenvalue weighted by Crippen LogP contribution is -2.29. The Hall–Kier alpha value is -1.25. The minimum Gasteiger partial charge on any atom is -0.462 e. The first-order valence-corrected chi connectivity index (χ1v) is 20.7. The van der Waals surface area contributed by atoms with Crippen LogP contribution in [-0.4, -0.2) is 49.3 Å². The van der Waals surface area contributed by atoms with Crippen LogP contribution in [-0.2, 0) is 32.7 Å². The van der Waals surface area contributed by atoms with Gasteiger partial charge in [0.1, 0.15) is 6.61 Å². The standard InChI is InChI=1S/C37H72NO8P/c1-3-5-7-9-11-13-15-16-17-18-20-21-23-25-27-29-36(39)43-33-35(34-45-47(41,42)44-32-31-38)46-37(40)30-28-26-24-22-19-14-12-10-8-6-4-2/h10,12,35H,3-9,11,13-34,38H2,1-2H3,(H,41,42)/b12-10-/t35-/m1/s1. The van der Waals surface area contributed by atoms with E-state index in [1.807, 2.05) is 0 Å². The maximum absolute atomic E-state index is 12.5. The monoisotopic (exact) mass is 689 g/mol. The lowest BCUT2D eigenvalue weighted by molar-refractivity contribution is -0.161. The van der Waals surface area contributed by atoms with E-state index in [1.165, 1.54) is 89.9 Å². The maximum Gasteiger partial charge on any atom is 0.472 e. The third kappa shape index (κ3) is 34.4. The van der Waals surface area contributed by atoms with E-state index in [1.54, 1.807) is 0 Å². The maximum atomic E-state index is 12.5. The molecule has 0 saturated heterocycles. The van der Waals surface area contributed by atoms with Crippen molar-refractivity contribution in [3.63, 3.8) is 0 Å². The molecule has 0 bridgehead atoms. The molecular weight excluding hydrogens is 617 g/mol. The lowest BCUT2D eigenvalue weighted by atomic mass is 10.0. The van der Waals surface area contributed by atoms with Gasteiger partial charge in [-0.05, 0) is 32.1 Å². The summed E-state index contributed by atoms with van der Waals surface area (Å²) in [7, 11) is -4.36. The van der Waals surface area contributed by atoms with Crippen molar-refractivity contribution in [1.29, 1.82) is 0 Å². The molecule has 278 valence electrons. The molecule has 0 heterocycles. The van der Waals surface area contributed by atoms with Crippen LogP contribution in [0.1, 0.15) is 181 Å². The molecule has 10 heteroatoms. The number of phosphoric acid groups is 1. The van der Waals surface area contributed by atoms with Crippen LogP contribution in [0.25, 0.3) is 0 Å². The predicted molar refractivity (Wildman–Crippen MR) is 192 cm³/mol. The first-order valence-electron chi connectivity index (χ1n) is 19.2. The van der Waals surface area contributed by atoms with E-state index in [0.717, 1.165) is 57.8 Å². The van der Waals surface area contributed by atoms with Crippen molar-refractivity contribution in [2.24, 2.45) is 5.73 Å². The quantitative estimate of drug-likeness (QED) is 0.0285. The first-order chi connectivity index (χ1) is 22.8. The summed E-state index contributed by atoms with van der Waals surface area (Å²) in [6, 6.07) is 0. The van der Waals surface area contributed by atoms with Crippen LogP contribution in [0.3, 0.4) is 0 Å². The number of ether oxygens (including phenoxy) is 2. The van der Waals surface area contributed by atoms with Crippen LogP contribution in [0, 0.1) is 0 Å². The van der Waals surface area contributed by atoms with E-state index in [0.29, 0.717) is 6.42 Å². The summed E-state index contributed by atoms with van der Waals surface area (Å²) in [5, 5.41) is 0. The van der Waals surface area contributed by atoms with E-state index in [9.17, 15) is 19.0 Å². The van der Waals surface area contributed by atoms with Gasteiger partial charge in [-0.2, -0.15) is 0 Å². The molecule has 0 aromatic rings. The first kappa shape index (κ1) is 45.8. The van der Waals surface area contributed by atoms with E-state index in [2.05, 4.69) is 26.0 Å². The minimum absolute atomic E-state index is 0.0545. The predicted octanol–water partition coefficient (Wildman–Crippen LogP) is 10.3. The normalized spacial score (nSPS) is 13.5. The number of rotatable bonds is 36. The summed E-state index contributed by atoms with van der Waals surface area (Å²) < 4.78 is 32.6. The molecule has 47 heavy (non-hydrogen) atoms. The van der Waals surface area contributed by atoms with Crippen molar-refractivity contribution in [3.8, 4) is 0 Å². The third-order valence-corrected chi connectivity index (χ3v) is 9.14. The molecule has 0 rings (SSSR count). The van der Waals surface area contributed by atoms with Gasteiger partial charge in [0.25, 0.3) is 0 Å². The van der Waals surface area contributed by atoms with Crippen molar-refractivity contribution in [3.05, 3.63) is 12.2 Å². The molecule has 0 aliphatic rings. The van der Waals surface area contributed by atoms with Gasteiger partial charge in [-0.25, -0.2) is 4.57 Å². The number of allylic oxidation sites excluding steroid dienone is 2. The number of hydrogen-bond donors (Lipinski definition) is 2. The number of carbonyl (C=O) groups excluding carboxylic acids is 2. The second-order valence-corrected chi connectivity index (χ2v) is 14.3. The number of hydrogen-bond acceptors (Lipinski definition) is 8. The molecule has 0 radical (unpaired) electrons. The summed E-state index contributed by atoms with van der Waals surface area (Å²) >= 11 is 0. The van der Waals surface area contributed by atoms with Gasteiger partial charge in [0.15, 0.2) is 6.10 Å². The van der Waals surface area contributed by atoms with Crippen molar-refractivity contribution in [1.82, 2.24) is 0 Å². The minimum atomic E-state index is -4.36. The van der Waals surface area contributed by atoms with E-state index < -0.39 is 26.5 Å². The Labute approximate surface area is 288 Å². The molecule has 0 aliphatic carbocycles. The molecule has 0 fully saturated rings. The van der Waals surface area contributed by atoms with Crippen LogP contribution in [0.5, 0.6) is 0 Å². The summed E-state index contributed by atoms with van der Waals surface area (Å²) in [6.07, 6.45) is 32.4. The van der Waals surface area contributed by atoms with E-state index in [4.69, 9.17) is 24.3 Å². The molecule has 0 aromatic carbocycles. The molecule has 0 amide bonds. The highest BCUT2D eigenvalue weighted by Gasteiger charge is 2.25. The second-order valence-electron chi connectivity index (χ2n) is 12.8. The molecule has 9 nitrogen and oxygen atoms in total. The van der Waals surface area contributed by atoms with Crippen molar-refractivity contribution < 1.29 is 37.6 Å². The molecule has 1 unspecified atom stereocenters. The Bertz CT molecular complexity index is 794. The van der Waals surface area contributed by atoms with Crippen LogP contribution >= 0.6 is 7.82 Å². The van der Waals surface area contributed by atoms with Gasteiger partial charge in [0, 0.05) is 19.4 Å². The Morgan fingerprint density at radius 3 is 1.57 bits per heavy atom. The average molecular weight is 690 g/mol. The van der Waals surface area contributed by atoms with Crippen molar-refractivity contribution in [2.45, 2.75) is 187 Å². The van der Waals surface area contributed by atoms with Gasteiger partial charge in [-0.1, -0.05) is 148 Å². The molecular formula is C37H72NO8P. The van der Waals surface area contributed by atoms with Crippen molar-refractivity contribution >= 4 is 19.8 Å². The fraction of sp³-hybridized carbons (Fsp3) is 0.892. The van der Waals surface area contributed by atoms with Crippen molar-refractivity contribution in [2.75, 3.05) is 26.4 Å². The van der Waals surface area contributed by atoms with E-state index >= 15 is 0 Å². The highest BCUT2D eigenvalue weighted by atomic mass is 31.2. The summed E-state index contributed by atoms with van der Waals surface area (Å²) in [4.78, 5) is 34.6. The lowest BCUT2D eigenvalue weighted by Gasteiger charge is -2.19. The summed E-state index contributed by atoms with van der Waals surface area (Å²) in [5.41, 5.74) is 5.33. The SMILES string of the molecule is CCCC/C=C\CCCCCCCC(=O)O[C@H](COC(=O)CCCCCCCCCCCCCCCCC)COP(=O)(O)OCCN.